The number of rotatable bonds is 12. The van der Waals surface area contributed by atoms with Crippen molar-refractivity contribution >= 4 is 23.6 Å². The SMILES string of the molecule is CC(C)(C)NC(=O)[C@@H]1C[C@@H]2CCCC[C@@H]2CN1C[C@@H](O)[C@H](CC1CCCCC1)NC(=O)[C@H](CC(N)=O)NC(=O)C1CCC2CCCCC2N1. The van der Waals surface area contributed by atoms with Crippen molar-refractivity contribution < 1.29 is 24.3 Å². The maximum Gasteiger partial charge on any atom is 0.243 e. The van der Waals surface area contributed by atoms with Crippen molar-refractivity contribution in [3.8, 4) is 0 Å². The van der Waals surface area contributed by atoms with Crippen molar-refractivity contribution in [2.75, 3.05) is 13.1 Å². The average Bonchev–Trinajstić information content (AvgIpc) is 3.06. The highest BCUT2D eigenvalue weighted by Gasteiger charge is 2.42. The van der Waals surface area contributed by atoms with Crippen molar-refractivity contribution in [2.45, 2.75) is 178 Å². The average molecular weight is 687 g/mol. The van der Waals surface area contributed by atoms with Gasteiger partial charge in [-0.05, 0) is 89.4 Å². The predicted octanol–water partition coefficient (Wildman–Crippen LogP) is 3.27. The molecule has 3 aliphatic carbocycles. The van der Waals surface area contributed by atoms with Crippen molar-refractivity contribution in [1.29, 1.82) is 0 Å². The fourth-order valence-corrected chi connectivity index (χ4v) is 9.76. The van der Waals surface area contributed by atoms with Gasteiger partial charge in [0.2, 0.25) is 23.6 Å². The summed E-state index contributed by atoms with van der Waals surface area (Å²) in [5.74, 6) is 0.511. The number of aliphatic hydroxyl groups excluding tert-OH is 1. The van der Waals surface area contributed by atoms with Gasteiger partial charge in [0.1, 0.15) is 6.04 Å². The molecule has 0 bridgehead atoms. The second-order valence-electron chi connectivity index (χ2n) is 17.4. The zero-order valence-corrected chi connectivity index (χ0v) is 30.5. The first-order chi connectivity index (χ1) is 23.4. The molecule has 11 heteroatoms. The Balaban J connectivity index is 1.29. The molecule has 0 spiro atoms. The fourth-order valence-electron chi connectivity index (χ4n) is 9.76. The number of aliphatic hydroxyl groups is 1. The molecule has 278 valence electrons. The van der Waals surface area contributed by atoms with E-state index in [0.717, 1.165) is 70.8 Å². The molecule has 0 aromatic heterocycles. The zero-order chi connectivity index (χ0) is 35.1. The number of primary amides is 1. The van der Waals surface area contributed by atoms with E-state index in [2.05, 4.69) is 26.2 Å². The fraction of sp³-hybridized carbons (Fsp3) is 0.895. The molecule has 11 nitrogen and oxygen atoms in total. The molecule has 2 heterocycles. The number of nitrogens with zero attached hydrogens (tertiary/aromatic N) is 1. The summed E-state index contributed by atoms with van der Waals surface area (Å²) in [5, 5.41) is 24.6. The number of likely N-dealkylation sites (tertiary alicyclic amines) is 1. The van der Waals surface area contributed by atoms with Gasteiger partial charge in [-0.3, -0.25) is 24.1 Å². The van der Waals surface area contributed by atoms with E-state index in [0.29, 0.717) is 42.6 Å². The van der Waals surface area contributed by atoms with Crippen LogP contribution in [0.4, 0.5) is 0 Å². The van der Waals surface area contributed by atoms with Gasteiger partial charge < -0.3 is 32.1 Å². The molecule has 9 atom stereocenters. The Morgan fingerprint density at radius 2 is 1.47 bits per heavy atom. The van der Waals surface area contributed by atoms with E-state index in [-0.39, 0.29) is 36.4 Å². The molecule has 4 amide bonds. The number of carbonyl (C=O) groups is 4. The minimum atomic E-state index is -1.12. The Kier molecular flexibility index (Phi) is 13.4. The van der Waals surface area contributed by atoms with Crippen LogP contribution in [0.25, 0.3) is 0 Å². The number of carbonyl (C=O) groups excluding carboxylic acids is 4. The third-order valence-electron chi connectivity index (χ3n) is 12.3. The zero-order valence-electron chi connectivity index (χ0n) is 30.5. The Morgan fingerprint density at radius 3 is 2.16 bits per heavy atom. The van der Waals surface area contributed by atoms with Crippen molar-refractivity contribution in [3.05, 3.63) is 0 Å². The number of nitrogens with two attached hydrogens (primary N) is 1. The van der Waals surface area contributed by atoms with E-state index in [1.54, 1.807) is 0 Å². The molecule has 0 radical (unpaired) electrons. The monoisotopic (exact) mass is 687 g/mol. The highest BCUT2D eigenvalue weighted by molar-refractivity contribution is 5.93. The number of nitrogens with one attached hydrogen (secondary N) is 4. The minimum absolute atomic E-state index is 0.00306. The Hall–Kier alpha value is -2.24. The van der Waals surface area contributed by atoms with Gasteiger partial charge in [-0.25, -0.2) is 0 Å². The van der Waals surface area contributed by atoms with Crippen LogP contribution in [-0.4, -0.2) is 88.6 Å². The highest BCUT2D eigenvalue weighted by atomic mass is 16.3. The van der Waals surface area contributed by atoms with Crippen LogP contribution in [0.3, 0.4) is 0 Å². The molecular formula is C38H66N6O5. The quantitative estimate of drug-likeness (QED) is 0.183. The Morgan fingerprint density at radius 1 is 0.816 bits per heavy atom. The van der Waals surface area contributed by atoms with Crippen LogP contribution in [0.2, 0.25) is 0 Å². The van der Waals surface area contributed by atoms with Crippen LogP contribution in [0.1, 0.15) is 136 Å². The maximum atomic E-state index is 13.9. The standard InChI is InChI=1S/C38H66N6O5/c1-38(2,3)43-37(49)32-20-26-14-7-8-15-27(26)22-44(32)23-33(45)30(19-24-11-5-4-6-12-24)41-36(48)31(21-34(39)46)42-35(47)29-18-17-25-13-9-10-16-28(25)40-29/h24-33,40,45H,4-23H2,1-3H3,(H2,39,46)(H,41,48)(H,42,47)(H,43,49)/t25?,26-,27+,28?,29?,30-,31-,32-,33+/m0/s1. The molecule has 49 heavy (non-hydrogen) atoms. The van der Waals surface area contributed by atoms with Gasteiger partial charge in [0.25, 0.3) is 0 Å². The first-order valence-electron chi connectivity index (χ1n) is 19.8. The third-order valence-corrected chi connectivity index (χ3v) is 12.3. The summed E-state index contributed by atoms with van der Waals surface area (Å²) in [6, 6.07) is -2.16. The molecule has 7 N–H and O–H groups in total. The van der Waals surface area contributed by atoms with Gasteiger partial charge in [0, 0.05) is 24.7 Å². The van der Waals surface area contributed by atoms with Gasteiger partial charge in [0.15, 0.2) is 0 Å². The van der Waals surface area contributed by atoms with Crippen LogP contribution >= 0.6 is 0 Å². The van der Waals surface area contributed by atoms with Crippen LogP contribution in [0.15, 0.2) is 0 Å². The van der Waals surface area contributed by atoms with Gasteiger partial charge >= 0.3 is 0 Å². The summed E-state index contributed by atoms with van der Waals surface area (Å²) >= 11 is 0. The lowest BCUT2D eigenvalue weighted by Gasteiger charge is -2.47. The van der Waals surface area contributed by atoms with Crippen LogP contribution in [0.5, 0.6) is 0 Å². The number of β-amino-alcohol motifs (C(OH)–C–C–N with tert-alkyl or cyclic N) is 1. The van der Waals surface area contributed by atoms with Gasteiger partial charge in [-0.2, -0.15) is 0 Å². The van der Waals surface area contributed by atoms with Crippen molar-refractivity contribution in [3.63, 3.8) is 0 Å². The van der Waals surface area contributed by atoms with Crippen molar-refractivity contribution in [1.82, 2.24) is 26.2 Å². The van der Waals surface area contributed by atoms with E-state index in [4.69, 9.17) is 5.73 Å². The first-order valence-corrected chi connectivity index (χ1v) is 19.8. The van der Waals surface area contributed by atoms with Crippen LogP contribution in [-0.2, 0) is 19.2 Å². The second kappa shape index (κ2) is 17.3. The van der Waals surface area contributed by atoms with Gasteiger partial charge in [-0.1, -0.05) is 64.2 Å². The molecule has 2 aliphatic heterocycles. The van der Waals surface area contributed by atoms with E-state index < -0.39 is 36.0 Å². The molecule has 3 saturated carbocycles. The molecule has 0 aromatic rings. The topological polar surface area (TPSA) is 166 Å². The summed E-state index contributed by atoms with van der Waals surface area (Å²) in [6.07, 6.45) is 16.7. The third kappa shape index (κ3) is 10.9. The summed E-state index contributed by atoms with van der Waals surface area (Å²) in [4.78, 5) is 55.4. The Labute approximate surface area is 294 Å². The van der Waals surface area contributed by atoms with Crippen LogP contribution in [0, 0.1) is 23.7 Å². The number of hydrogen-bond donors (Lipinski definition) is 6. The highest BCUT2D eigenvalue weighted by Crippen LogP contribution is 2.39. The molecule has 0 aromatic carbocycles. The molecule has 5 fully saturated rings. The number of hydrogen-bond acceptors (Lipinski definition) is 7. The van der Waals surface area contributed by atoms with E-state index in [1.807, 2.05) is 20.8 Å². The van der Waals surface area contributed by atoms with E-state index in [1.165, 1.54) is 32.1 Å². The molecule has 5 aliphatic rings. The van der Waals surface area contributed by atoms with Crippen LogP contribution < -0.4 is 27.0 Å². The largest absolute Gasteiger partial charge is 0.390 e. The summed E-state index contributed by atoms with van der Waals surface area (Å²) in [6.45, 7) is 6.99. The van der Waals surface area contributed by atoms with Gasteiger partial charge in [-0.15, -0.1) is 0 Å². The second-order valence-corrected chi connectivity index (χ2v) is 17.4. The van der Waals surface area contributed by atoms with Crippen molar-refractivity contribution in [2.24, 2.45) is 29.4 Å². The number of piperidine rings is 2. The van der Waals surface area contributed by atoms with E-state index >= 15 is 0 Å². The lowest BCUT2D eigenvalue weighted by atomic mass is 9.72. The normalized spacial score (nSPS) is 31.7. The lowest BCUT2D eigenvalue weighted by molar-refractivity contribution is -0.134. The first kappa shape index (κ1) is 38.0. The summed E-state index contributed by atoms with van der Waals surface area (Å²) < 4.78 is 0. The number of amides is 4. The molecule has 5 rings (SSSR count). The van der Waals surface area contributed by atoms with E-state index in [9.17, 15) is 24.3 Å². The minimum Gasteiger partial charge on any atom is -0.390 e. The smallest absolute Gasteiger partial charge is 0.243 e. The molecular weight excluding hydrogens is 620 g/mol. The maximum absolute atomic E-state index is 13.9. The molecule has 3 unspecified atom stereocenters. The lowest BCUT2D eigenvalue weighted by Crippen LogP contribution is -2.61. The summed E-state index contributed by atoms with van der Waals surface area (Å²) in [5.41, 5.74) is 5.23. The summed E-state index contributed by atoms with van der Waals surface area (Å²) in [7, 11) is 0. The number of fused-ring (bicyclic) bond motifs is 2. The molecule has 2 saturated heterocycles. The van der Waals surface area contributed by atoms with Gasteiger partial charge in [0.05, 0.1) is 30.7 Å². The Bertz CT molecular complexity index is 1140. The predicted molar refractivity (Wildman–Crippen MR) is 190 cm³/mol.